The lowest BCUT2D eigenvalue weighted by Gasteiger charge is -2.21. The fourth-order valence-corrected chi connectivity index (χ4v) is 3.80. The Kier molecular flexibility index (Phi) is 3.30. The Labute approximate surface area is 153 Å². The third-order valence-electron chi connectivity index (χ3n) is 5.11. The number of H-pyrrole nitrogens is 2. The summed E-state index contributed by atoms with van der Waals surface area (Å²) in [7, 11) is 0. The van der Waals surface area contributed by atoms with Crippen LogP contribution in [0.25, 0.3) is 33.2 Å². The molecular weight excluding hydrogens is 344 g/mol. The van der Waals surface area contributed by atoms with E-state index >= 15 is 0 Å². The molecule has 0 radical (unpaired) electrons. The number of aromatic amines is 2. The molecule has 27 heavy (non-hydrogen) atoms. The number of amides is 1. The van der Waals surface area contributed by atoms with E-state index in [1.54, 1.807) is 6.07 Å². The van der Waals surface area contributed by atoms with Crippen molar-refractivity contribution in [2.45, 2.75) is 18.9 Å². The van der Waals surface area contributed by atoms with Gasteiger partial charge in [-0.2, -0.15) is 5.10 Å². The number of rotatable bonds is 3. The second-order valence-corrected chi connectivity index (χ2v) is 6.73. The first-order valence-electron chi connectivity index (χ1n) is 8.73. The van der Waals surface area contributed by atoms with Crippen molar-refractivity contribution in [2.75, 3.05) is 4.90 Å². The minimum Gasteiger partial charge on any atom is -0.480 e. The number of nitrogens with zero attached hydrogens (tertiary/aromatic N) is 2. The molecule has 1 fully saturated rings. The number of anilines is 1. The van der Waals surface area contributed by atoms with Crippen LogP contribution in [0.2, 0.25) is 0 Å². The van der Waals surface area contributed by atoms with Crippen LogP contribution in [0.4, 0.5) is 5.69 Å². The van der Waals surface area contributed by atoms with E-state index in [9.17, 15) is 14.7 Å². The van der Waals surface area contributed by atoms with Crippen LogP contribution in [0.3, 0.4) is 0 Å². The van der Waals surface area contributed by atoms with Gasteiger partial charge in [-0.1, -0.05) is 18.2 Å². The number of aliphatic carboxylic acids is 1. The van der Waals surface area contributed by atoms with Gasteiger partial charge in [0.15, 0.2) is 0 Å². The summed E-state index contributed by atoms with van der Waals surface area (Å²) in [6.45, 7) is 0. The Bertz CT molecular complexity index is 1170. The Morgan fingerprint density at radius 1 is 1.15 bits per heavy atom. The number of nitrogens with one attached hydrogen (secondary N) is 2. The average molecular weight is 360 g/mol. The zero-order chi connectivity index (χ0) is 18.5. The van der Waals surface area contributed by atoms with Gasteiger partial charge in [0.25, 0.3) is 0 Å². The fraction of sp³-hybridized carbons (Fsp3) is 0.150. The summed E-state index contributed by atoms with van der Waals surface area (Å²) >= 11 is 0. The van der Waals surface area contributed by atoms with Gasteiger partial charge in [-0.05, 0) is 36.8 Å². The quantitative estimate of drug-likeness (QED) is 0.522. The molecule has 7 heteroatoms. The summed E-state index contributed by atoms with van der Waals surface area (Å²) in [5.74, 6) is -1.15. The van der Waals surface area contributed by atoms with Gasteiger partial charge in [0, 0.05) is 28.4 Å². The van der Waals surface area contributed by atoms with Crippen LogP contribution >= 0.6 is 0 Å². The van der Waals surface area contributed by atoms with Crippen molar-refractivity contribution in [1.29, 1.82) is 0 Å². The van der Waals surface area contributed by atoms with Crippen molar-refractivity contribution in [2.24, 2.45) is 0 Å². The fourth-order valence-electron chi connectivity index (χ4n) is 3.80. The van der Waals surface area contributed by atoms with Crippen LogP contribution in [0, 0.1) is 0 Å². The number of fused-ring (bicyclic) bond motifs is 2. The maximum Gasteiger partial charge on any atom is 0.326 e. The normalized spacial score (nSPS) is 17.3. The van der Waals surface area contributed by atoms with Gasteiger partial charge >= 0.3 is 5.97 Å². The summed E-state index contributed by atoms with van der Waals surface area (Å²) in [6.07, 6.45) is 0.571. The van der Waals surface area contributed by atoms with Gasteiger partial charge in [-0.15, -0.1) is 0 Å². The number of hydrogen-bond acceptors (Lipinski definition) is 3. The highest BCUT2D eigenvalue weighted by atomic mass is 16.4. The molecule has 0 aliphatic carbocycles. The lowest BCUT2D eigenvalue weighted by Crippen LogP contribution is -2.38. The van der Waals surface area contributed by atoms with Gasteiger partial charge in [-0.3, -0.25) is 14.8 Å². The topological polar surface area (TPSA) is 102 Å². The predicted octanol–water partition coefficient (Wildman–Crippen LogP) is 3.29. The van der Waals surface area contributed by atoms with Crippen LogP contribution in [-0.2, 0) is 9.59 Å². The third kappa shape index (κ3) is 2.39. The zero-order valence-corrected chi connectivity index (χ0v) is 14.3. The molecule has 0 unspecified atom stereocenters. The van der Waals surface area contributed by atoms with E-state index in [2.05, 4.69) is 15.2 Å². The molecule has 0 bridgehead atoms. The van der Waals surface area contributed by atoms with Crippen molar-refractivity contribution in [1.82, 2.24) is 15.2 Å². The molecule has 3 N–H and O–H groups in total. The molecule has 1 atom stereocenters. The van der Waals surface area contributed by atoms with E-state index in [-0.39, 0.29) is 12.3 Å². The highest BCUT2D eigenvalue weighted by molar-refractivity contribution is 6.05. The summed E-state index contributed by atoms with van der Waals surface area (Å²) in [5, 5.41) is 18.8. The molecular formula is C20H16N4O3. The Morgan fingerprint density at radius 2 is 2.00 bits per heavy atom. The monoisotopic (exact) mass is 360 g/mol. The van der Waals surface area contributed by atoms with Crippen LogP contribution in [0.5, 0.6) is 0 Å². The third-order valence-corrected chi connectivity index (χ3v) is 5.11. The molecule has 1 amide bonds. The van der Waals surface area contributed by atoms with E-state index in [0.717, 1.165) is 33.2 Å². The molecule has 134 valence electrons. The number of carbonyl (C=O) groups is 2. The summed E-state index contributed by atoms with van der Waals surface area (Å²) in [5.41, 5.74) is 4.02. The van der Waals surface area contributed by atoms with Gasteiger partial charge in [0.05, 0.1) is 11.2 Å². The van der Waals surface area contributed by atoms with Gasteiger partial charge in [-0.25, -0.2) is 4.79 Å². The summed E-state index contributed by atoms with van der Waals surface area (Å²) in [4.78, 5) is 28.5. The van der Waals surface area contributed by atoms with Gasteiger partial charge < -0.3 is 10.1 Å². The Balaban J connectivity index is 1.64. The van der Waals surface area contributed by atoms with Crippen LogP contribution < -0.4 is 4.90 Å². The second kappa shape index (κ2) is 5.70. The van der Waals surface area contributed by atoms with Crippen LogP contribution in [0.15, 0.2) is 48.5 Å². The molecule has 0 spiro atoms. The second-order valence-electron chi connectivity index (χ2n) is 6.73. The molecule has 5 rings (SSSR count). The molecule has 1 aliphatic heterocycles. The minimum absolute atomic E-state index is 0.169. The standard InChI is InChI=1S/C20H16N4O3/c25-18-8-7-17(20(26)27)24(18)12-5-6-15-13(10-12)19(23-22-15)16-9-11-3-1-2-4-14(11)21-16/h1-6,9-10,17,21H,7-8H2,(H,22,23)(H,26,27)/t17-/m0/s1. The lowest BCUT2D eigenvalue weighted by molar-refractivity contribution is -0.138. The summed E-state index contributed by atoms with van der Waals surface area (Å²) in [6, 6.07) is 14.6. The molecule has 1 saturated heterocycles. The van der Waals surface area contributed by atoms with E-state index in [0.29, 0.717) is 12.1 Å². The molecule has 1 aliphatic rings. The SMILES string of the molecule is O=C(O)[C@@H]1CCC(=O)N1c1ccc2[nH]nc(-c3cc4ccccc4[nH]3)c2c1. The van der Waals surface area contributed by atoms with Crippen molar-refractivity contribution in [3.05, 3.63) is 48.5 Å². The number of carboxylic acid groups (broad SMARTS) is 1. The smallest absolute Gasteiger partial charge is 0.326 e. The van der Waals surface area contributed by atoms with Crippen molar-refractivity contribution in [3.8, 4) is 11.4 Å². The number of hydrogen-bond donors (Lipinski definition) is 3. The van der Waals surface area contributed by atoms with Crippen molar-refractivity contribution >= 4 is 39.4 Å². The number of benzene rings is 2. The van der Waals surface area contributed by atoms with E-state index in [1.807, 2.05) is 42.5 Å². The average Bonchev–Trinajstić information content (AvgIpc) is 3.36. The minimum atomic E-state index is -0.982. The number of carbonyl (C=O) groups excluding carboxylic acids is 1. The highest BCUT2D eigenvalue weighted by Crippen LogP contribution is 2.33. The first kappa shape index (κ1) is 15.6. The van der Waals surface area contributed by atoms with E-state index in [1.165, 1.54) is 4.90 Å². The molecule has 0 saturated carbocycles. The van der Waals surface area contributed by atoms with Crippen LogP contribution in [-0.4, -0.2) is 38.2 Å². The van der Waals surface area contributed by atoms with Crippen molar-refractivity contribution in [3.63, 3.8) is 0 Å². The molecule has 2 aromatic heterocycles. The van der Waals surface area contributed by atoms with Crippen LogP contribution in [0.1, 0.15) is 12.8 Å². The predicted molar refractivity (Wildman–Crippen MR) is 102 cm³/mol. The largest absolute Gasteiger partial charge is 0.480 e. The first-order valence-corrected chi connectivity index (χ1v) is 8.73. The number of carboxylic acids is 1. The molecule has 3 heterocycles. The van der Waals surface area contributed by atoms with Gasteiger partial charge in [0.1, 0.15) is 11.7 Å². The lowest BCUT2D eigenvalue weighted by atomic mass is 10.1. The van der Waals surface area contributed by atoms with E-state index in [4.69, 9.17) is 0 Å². The molecule has 2 aromatic carbocycles. The number of para-hydroxylation sites is 1. The maximum absolute atomic E-state index is 12.3. The van der Waals surface area contributed by atoms with E-state index < -0.39 is 12.0 Å². The Hall–Kier alpha value is -3.61. The molecule has 7 nitrogen and oxygen atoms in total. The zero-order valence-electron chi connectivity index (χ0n) is 14.3. The molecule has 4 aromatic rings. The first-order chi connectivity index (χ1) is 13.1. The Morgan fingerprint density at radius 3 is 2.81 bits per heavy atom. The van der Waals surface area contributed by atoms with Gasteiger partial charge in [0.2, 0.25) is 5.91 Å². The number of aromatic nitrogens is 3. The maximum atomic E-state index is 12.3. The highest BCUT2D eigenvalue weighted by Gasteiger charge is 2.37. The summed E-state index contributed by atoms with van der Waals surface area (Å²) < 4.78 is 0. The van der Waals surface area contributed by atoms with Crippen molar-refractivity contribution < 1.29 is 14.7 Å².